The van der Waals surface area contributed by atoms with Crippen molar-refractivity contribution in [3.63, 3.8) is 0 Å². The molecule has 0 saturated carbocycles. The Morgan fingerprint density at radius 1 is 1.37 bits per heavy atom. The van der Waals surface area contributed by atoms with Crippen LogP contribution in [0.15, 0.2) is 24.0 Å². The molecule has 5 nitrogen and oxygen atoms in total. The van der Waals surface area contributed by atoms with Crippen LogP contribution < -0.4 is 0 Å². The third-order valence-electron chi connectivity index (χ3n) is 2.52. The molecule has 0 saturated heterocycles. The minimum absolute atomic E-state index is 0.0809. The Balaban J connectivity index is 2.16. The summed E-state index contributed by atoms with van der Waals surface area (Å²) in [4.78, 5) is 15.7. The van der Waals surface area contributed by atoms with Gasteiger partial charge >= 0.3 is 6.18 Å². The van der Waals surface area contributed by atoms with Crippen LogP contribution >= 0.6 is 11.3 Å². The van der Waals surface area contributed by atoms with Gasteiger partial charge in [0.2, 0.25) is 0 Å². The predicted octanol–water partition coefficient (Wildman–Crippen LogP) is 2.41. The van der Waals surface area contributed by atoms with E-state index >= 15 is 0 Å². The zero-order valence-corrected chi connectivity index (χ0v) is 9.94. The highest BCUT2D eigenvalue weighted by molar-refractivity contribution is 7.15. The van der Waals surface area contributed by atoms with Crippen molar-refractivity contribution in [2.45, 2.75) is 6.18 Å². The molecular formula is C10H5F3N4OS. The summed E-state index contributed by atoms with van der Waals surface area (Å²) in [5.41, 5.74) is -0.728. The fourth-order valence-electron chi connectivity index (χ4n) is 1.65. The molecule has 0 bridgehead atoms. The molecule has 0 aliphatic heterocycles. The smallest absolute Gasteiger partial charge is 0.296 e. The maximum atomic E-state index is 12.5. The number of fused-ring (bicyclic) bond motifs is 1. The van der Waals surface area contributed by atoms with Crippen LogP contribution in [-0.2, 0) is 6.18 Å². The van der Waals surface area contributed by atoms with E-state index in [1.807, 2.05) is 0 Å². The lowest BCUT2D eigenvalue weighted by atomic mass is 10.3. The third-order valence-corrected chi connectivity index (χ3v) is 3.27. The summed E-state index contributed by atoms with van der Waals surface area (Å²) in [7, 11) is 0. The molecule has 3 rings (SSSR count). The van der Waals surface area contributed by atoms with Gasteiger partial charge in [-0.3, -0.25) is 9.20 Å². The quantitative estimate of drug-likeness (QED) is 0.680. The first kappa shape index (κ1) is 11.9. The highest BCUT2D eigenvalue weighted by atomic mass is 32.1. The first-order chi connectivity index (χ1) is 9.00. The van der Waals surface area contributed by atoms with Crippen molar-refractivity contribution in [2.24, 2.45) is 0 Å². The van der Waals surface area contributed by atoms with Crippen LogP contribution in [0.2, 0.25) is 0 Å². The zero-order chi connectivity index (χ0) is 13.6. The predicted molar refractivity (Wildman–Crippen MR) is 60.6 cm³/mol. The van der Waals surface area contributed by atoms with E-state index in [0.29, 0.717) is 17.4 Å². The van der Waals surface area contributed by atoms with Crippen LogP contribution in [0.1, 0.15) is 16.1 Å². The van der Waals surface area contributed by atoms with Gasteiger partial charge in [-0.1, -0.05) is 0 Å². The van der Waals surface area contributed by atoms with Gasteiger partial charge in [0.1, 0.15) is 5.69 Å². The van der Waals surface area contributed by atoms with Crippen molar-refractivity contribution >= 4 is 22.6 Å². The van der Waals surface area contributed by atoms with Gasteiger partial charge in [0, 0.05) is 17.8 Å². The van der Waals surface area contributed by atoms with E-state index in [4.69, 9.17) is 0 Å². The van der Waals surface area contributed by atoms with Crippen LogP contribution in [0.4, 0.5) is 13.2 Å². The van der Waals surface area contributed by atoms with E-state index in [-0.39, 0.29) is 11.5 Å². The monoisotopic (exact) mass is 286 g/mol. The molecule has 0 fully saturated rings. The van der Waals surface area contributed by atoms with Gasteiger partial charge in [-0.25, -0.2) is 4.68 Å². The van der Waals surface area contributed by atoms with E-state index in [1.165, 1.54) is 15.7 Å². The van der Waals surface area contributed by atoms with Crippen LogP contribution in [-0.4, -0.2) is 25.5 Å². The molecule has 3 aromatic rings. The molecule has 3 heterocycles. The number of imidazole rings is 1. The van der Waals surface area contributed by atoms with Crippen molar-refractivity contribution in [3.8, 4) is 5.82 Å². The molecule has 98 valence electrons. The van der Waals surface area contributed by atoms with Gasteiger partial charge < -0.3 is 0 Å². The number of carbonyl (C=O) groups excluding carboxylic acids is 1. The molecular weight excluding hydrogens is 281 g/mol. The number of hydrogen-bond acceptors (Lipinski definition) is 4. The second-order valence-corrected chi connectivity index (χ2v) is 4.54. The largest absolute Gasteiger partial charge is 0.419 e. The fourth-order valence-corrected chi connectivity index (χ4v) is 2.37. The maximum absolute atomic E-state index is 12.5. The van der Waals surface area contributed by atoms with Crippen LogP contribution in [0, 0.1) is 0 Å². The van der Waals surface area contributed by atoms with Gasteiger partial charge in [-0.2, -0.15) is 23.3 Å². The van der Waals surface area contributed by atoms with Crippen LogP contribution in [0.3, 0.4) is 0 Å². The molecule has 0 aliphatic rings. The summed E-state index contributed by atoms with van der Waals surface area (Å²) < 4.78 is 39.9. The summed E-state index contributed by atoms with van der Waals surface area (Å²) in [5, 5.41) is 5.33. The topological polar surface area (TPSA) is 52.2 Å². The Kier molecular flexibility index (Phi) is 2.45. The van der Waals surface area contributed by atoms with Crippen LogP contribution in [0.25, 0.3) is 10.8 Å². The molecule has 0 atom stereocenters. The van der Waals surface area contributed by atoms with Gasteiger partial charge in [-0.05, 0) is 0 Å². The normalized spacial score (nSPS) is 12.2. The van der Waals surface area contributed by atoms with Crippen molar-refractivity contribution < 1.29 is 18.0 Å². The highest BCUT2D eigenvalue weighted by Crippen LogP contribution is 2.29. The van der Waals surface area contributed by atoms with Gasteiger partial charge in [0.05, 0.1) is 11.8 Å². The first-order valence-electron chi connectivity index (χ1n) is 5.03. The molecule has 19 heavy (non-hydrogen) atoms. The average Bonchev–Trinajstić information content (AvgIpc) is 3.01. The Bertz CT molecular complexity index is 754. The summed E-state index contributed by atoms with van der Waals surface area (Å²) >= 11 is 1.27. The minimum atomic E-state index is -4.48. The summed E-state index contributed by atoms with van der Waals surface area (Å²) in [6, 6.07) is 0. The average molecular weight is 286 g/mol. The van der Waals surface area contributed by atoms with Crippen molar-refractivity contribution in [1.29, 1.82) is 0 Å². The Hall–Kier alpha value is -2.16. The Labute approximate surface area is 107 Å². The third kappa shape index (κ3) is 1.82. The minimum Gasteiger partial charge on any atom is -0.296 e. The SMILES string of the molecule is O=Cc1c(-n2cc(C(F)(F)F)cn2)nc2sccn12. The van der Waals surface area contributed by atoms with E-state index in [1.54, 1.807) is 11.6 Å². The molecule has 0 aliphatic carbocycles. The lowest BCUT2D eigenvalue weighted by molar-refractivity contribution is -0.137. The maximum Gasteiger partial charge on any atom is 0.419 e. The van der Waals surface area contributed by atoms with Gasteiger partial charge in [0.25, 0.3) is 0 Å². The number of carbonyl (C=O) groups is 1. The summed E-state index contributed by atoms with van der Waals surface area (Å²) in [6.45, 7) is 0. The standard InChI is InChI=1S/C10H5F3N4OS/c11-10(12,13)6-3-14-17(4-6)8-7(5-18)16-1-2-19-9(16)15-8/h1-5H. The number of aromatic nitrogens is 4. The van der Waals surface area contributed by atoms with E-state index in [0.717, 1.165) is 10.9 Å². The van der Waals surface area contributed by atoms with Crippen LogP contribution in [0.5, 0.6) is 0 Å². The van der Waals surface area contributed by atoms with E-state index in [2.05, 4.69) is 10.1 Å². The van der Waals surface area contributed by atoms with Crippen molar-refractivity contribution in [2.75, 3.05) is 0 Å². The number of nitrogens with zero attached hydrogens (tertiary/aromatic N) is 4. The Morgan fingerprint density at radius 2 is 2.16 bits per heavy atom. The zero-order valence-electron chi connectivity index (χ0n) is 9.13. The second kappa shape index (κ2) is 3.92. The lowest BCUT2D eigenvalue weighted by Crippen LogP contribution is -2.04. The van der Waals surface area contributed by atoms with Crippen molar-refractivity contribution in [3.05, 3.63) is 35.2 Å². The molecule has 3 aromatic heterocycles. The summed E-state index contributed by atoms with van der Waals surface area (Å²) in [6.07, 6.45) is -0.816. The number of thiazole rings is 1. The highest BCUT2D eigenvalue weighted by Gasteiger charge is 2.32. The van der Waals surface area contributed by atoms with Crippen molar-refractivity contribution in [1.82, 2.24) is 19.2 Å². The molecule has 0 amide bonds. The summed E-state index contributed by atoms with van der Waals surface area (Å²) in [5.74, 6) is 0.0809. The molecule has 0 spiro atoms. The number of rotatable bonds is 2. The molecule has 0 aromatic carbocycles. The fraction of sp³-hybridized carbons (Fsp3) is 0.100. The van der Waals surface area contributed by atoms with E-state index in [9.17, 15) is 18.0 Å². The first-order valence-corrected chi connectivity index (χ1v) is 5.91. The molecule has 9 heteroatoms. The van der Waals surface area contributed by atoms with Gasteiger partial charge in [0.15, 0.2) is 17.1 Å². The second-order valence-electron chi connectivity index (χ2n) is 3.67. The lowest BCUT2D eigenvalue weighted by Gasteiger charge is -2.00. The number of alkyl halides is 3. The number of hydrogen-bond donors (Lipinski definition) is 0. The Morgan fingerprint density at radius 3 is 2.79 bits per heavy atom. The number of halogens is 3. The van der Waals surface area contributed by atoms with Gasteiger partial charge in [-0.15, -0.1) is 11.3 Å². The van der Waals surface area contributed by atoms with E-state index < -0.39 is 11.7 Å². The number of aldehydes is 1. The molecule has 0 radical (unpaired) electrons. The molecule has 0 N–H and O–H groups in total. The molecule has 0 unspecified atom stereocenters.